The average molecular weight is 444 g/mol. The first kappa shape index (κ1) is 20.2. The number of aromatic nitrogens is 1. The van der Waals surface area contributed by atoms with Crippen molar-refractivity contribution in [3.8, 4) is 11.8 Å². The Bertz CT molecular complexity index is 1100. The standard InChI is InChI=1S/C21H21N3O2S3/c1-3-26-13-5-7-16-18(9-13)29-21(23-16)27-11-19(25)24-20-15(10-22)14-6-4-12(2)8-17(14)28-20/h5,7,9,12H,3-4,6,8,11H2,1-2H3,(H,24,25)/t12-/m1/s1. The van der Waals surface area contributed by atoms with Gasteiger partial charge >= 0.3 is 0 Å². The highest BCUT2D eigenvalue weighted by atomic mass is 32.2. The number of thiazole rings is 1. The van der Waals surface area contributed by atoms with Gasteiger partial charge in [-0.15, -0.1) is 22.7 Å². The zero-order chi connectivity index (χ0) is 20.4. The number of nitrogens with one attached hydrogen (secondary N) is 1. The fraction of sp³-hybridized carbons (Fsp3) is 0.381. The summed E-state index contributed by atoms with van der Waals surface area (Å²) in [5.41, 5.74) is 2.70. The second-order valence-electron chi connectivity index (χ2n) is 7.05. The summed E-state index contributed by atoms with van der Waals surface area (Å²) in [6.07, 6.45) is 3.02. The topological polar surface area (TPSA) is 75.0 Å². The third kappa shape index (κ3) is 4.42. The number of nitriles is 1. The van der Waals surface area contributed by atoms with Gasteiger partial charge in [-0.25, -0.2) is 4.98 Å². The van der Waals surface area contributed by atoms with E-state index in [2.05, 4.69) is 23.3 Å². The zero-order valence-corrected chi connectivity index (χ0v) is 18.7. The van der Waals surface area contributed by atoms with E-state index in [0.717, 1.165) is 45.1 Å². The number of ether oxygens (including phenoxy) is 1. The minimum absolute atomic E-state index is 0.104. The van der Waals surface area contributed by atoms with Gasteiger partial charge in [0.15, 0.2) is 4.34 Å². The van der Waals surface area contributed by atoms with Crippen LogP contribution in [-0.4, -0.2) is 23.3 Å². The Hall–Kier alpha value is -2.08. The van der Waals surface area contributed by atoms with Gasteiger partial charge < -0.3 is 10.1 Å². The van der Waals surface area contributed by atoms with Gasteiger partial charge in [-0.1, -0.05) is 18.7 Å². The summed E-state index contributed by atoms with van der Waals surface area (Å²) in [7, 11) is 0. The van der Waals surface area contributed by atoms with Gasteiger partial charge in [-0.2, -0.15) is 5.26 Å². The second kappa shape index (κ2) is 8.74. The highest BCUT2D eigenvalue weighted by Gasteiger charge is 2.24. The van der Waals surface area contributed by atoms with Crippen molar-refractivity contribution in [1.29, 1.82) is 5.26 Å². The van der Waals surface area contributed by atoms with Crippen LogP contribution < -0.4 is 10.1 Å². The zero-order valence-electron chi connectivity index (χ0n) is 16.3. The van der Waals surface area contributed by atoms with Crippen LogP contribution in [0.25, 0.3) is 10.2 Å². The number of hydrogen-bond donors (Lipinski definition) is 1. The number of hydrogen-bond acceptors (Lipinski definition) is 7. The molecule has 4 rings (SSSR count). The fourth-order valence-electron chi connectivity index (χ4n) is 3.45. The summed E-state index contributed by atoms with van der Waals surface area (Å²) in [5.74, 6) is 1.63. The van der Waals surface area contributed by atoms with E-state index in [1.54, 1.807) is 22.7 Å². The molecule has 0 unspecified atom stereocenters. The van der Waals surface area contributed by atoms with E-state index >= 15 is 0 Å². The van der Waals surface area contributed by atoms with Gasteiger partial charge in [0.1, 0.15) is 16.8 Å². The number of benzene rings is 1. The van der Waals surface area contributed by atoms with Crippen molar-refractivity contribution in [2.45, 2.75) is 37.4 Å². The number of thiophene rings is 1. The first-order valence-corrected chi connectivity index (χ1v) is 12.2. The molecule has 8 heteroatoms. The van der Waals surface area contributed by atoms with E-state index in [4.69, 9.17) is 4.74 Å². The maximum absolute atomic E-state index is 12.5. The molecule has 5 nitrogen and oxygen atoms in total. The van der Waals surface area contributed by atoms with Crippen LogP contribution in [0.1, 0.15) is 36.3 Å². The maximum atomic E-state index is 12.5. The van der Waals surface area contributed by atoms with Crippen molar-refractivity contribution >= 4 is 55.6 Å². The third-order valence-corrected chi connectivity index (χ3v) is 8.19. The van der Waals surface area contributed by atoms with Crippen molar-refractivity contribution in [3.05, 3.63) is 34.2 Å². The lowest BCUT2D eigenvalue weighted by Gasteiger charge is -2.17. The Morgan fingerprint density at radius 1 is 1.45 bits per heavy atom. The summed E-state index contributed by atoms with van der Waals surface area (Å²) in [6, 6.07) is 8.13. The van der Waals surface area contributed by atoms with Crippen LogP contribution in [0.15, 0.2) is 22.5 Å². The molecule has 29 heavy (non-hydrogen) atoms. The van der Waals surface area contributed by atoms with Crippen LogP contribution >= 0.6 is 34.4 Å². The van der Waals surface area contributed by atoms with Crippen LogP contribution in [0, 0.1) is 17.2 Å². The van der Waals surface area contributed by atoms with E-state index in [1.165, 1.54) is 16.6 Å². The molecule has 0 fully saturated rings. The molecule has 2 heterocycles. The Balaban J connectivity index is 1.42. The van der Waals surface area contributed by atoms with Crippen LogP contribution in [0.2, 0.25) is 0 Å². The Morgan fingerprint density at radius 3 is 3.10 bits per heavy atom. The molecule has 1 amide bonds. The summed E-state index contributed by atoms with van der Waals surface area (Å²) in [6.45, 7) is 4.82. The van der Waals surface area contributed by atoms with Crippen LogP contribution in [0.4, 0.5) is 5.00 Å². The molecule has 1 aromatic carbocycles. The van der Waals surface area contributed by atoms with Gasteiger partial charge in [0.2, 0.25) is 5.91 Å². The molecule has 0 spiro atoms. The molecule has 0 saturated carbocycles. The number of fused-ring (bicyclic) bond motifs is 2. The smallest absolute Gasteiger partial charge is 0.235 e. The molecule has 0 saturated heterocycles. The fourth-order valence-corrected chi connectivity index (χ4v) is 6.72. The molecule has 0 radical (unpaired) electrons. The van der Waals surface area contributed by atoms with Crippen molar-refractivity contribution in [2.24, 2.45) is 5.92 Å². The second-order valence-corrected chi connectivity index (χ2v) is 10.4. The van der Waals surface area contributed by atoms with E-state index in [-0.39, 0.29) is 11.7 Å². The van der Waals surface area contributed by atoms with E-state index in [0.29, 0.717) is 23.1 Å². The van der Waals surface area contributed by atoms with Gasteiger partial charge in [0.25, 0.3) is 0 Å². The molecular formula is C21H21N3O2S3. The number of amides is 1. The molecule has 1 aliphatic carbocycles. The number of thioether (sulfide) groups is 1. The molecule has 2 aromatic heterocycles. The lowest BCUT2D eigenvalue weighted by atomic mass is 9.89. The van der Waals surface area contributed by atoms with E-state index in [1.807, 2.05) is 25.1 Å². The highest BCUT2D eigenvalue weighted by Crippen LogP contribution is 2.39. The molecule has 1 aliphatic rings. The Morgan fingerprint density at radius 2 is 2.31 bits per heavy atom. The summed E-state index contributed by atoms with van der Waals surface area (Å²) in [5, 5.41) is 13.2. The molecule has 0 aliphatic heterocycles. The monoisotopic (exact) mass is 443 g/mol. The molecular weight excluding hydrogens is 422 g/mol. The van der Waals surface area contributed by atoms with Gasteiger partial charge in [0, 0.05) is 4.88 Å². The Labute approximate surface area is 182 Å². The number of carbonyl (C=O) groups is 1. The van der Waals surface area contributed by atoms with Crippen molar-refractivity contribution < 1.29 is 9.53 Å². The molecule has 150 valence electrons. The highest BCUT2D eigenvalue weighted by molar-refractivity contribution is 8.01. The number of carbonyl (C=O) groups excluding carboxylic acids is 1. The SMILES string of the molecule is CCOc1ccc2nc(SCC(=O)Nc3sc4c(c3C#N)CC[C@@H](C)C4)sc2c1. The summed E-state index contributed by atoms with van der Waals surface area (Å²) < 4.78 is 7.43. The quantitative estimate of drug-likeness (QED) is 0.510. The third-order valence-electron chi connectivity index (χ3n) is 4.85. The minimum atomic E-state index is -0.104. The predicted molar refractivity (Wildman–Crippen MR) is 120 cm³/mol. The lowest BCUT2D eigenvalue weighted by Crippen LogP contribution is -2.14. The van der Waals surface area contributed by atoms with Crippen molar-refractivity contribution in [2.75, 3.05) is 17.7 Å². The van der Waals surface area contributed by atoms with Gasteiger partial charge in [-0.05, 0) is 55.9 Å². The largest absolute Gasteiger partial charge is 0.494 e. The van der Waals surface area contributed by atoms with Crippen LogP contribution in [-0.2, 0) is 17.6 Å². The van der Waals surface area contributed by atoms with Crippen molar-refractivity contribution in [1.82, 2.24) is 4.98 Å². The number of rotatable bonds is 6. The van der Waals surface area contributed by atoms with Crippen LogP contribution in [0.5, 0.6) is 5.75 Å². The maximum Gasteiger partial charge on any atom is 0.235 e. The molecule has 1 N–H and O–H groups in total. The van der Waals surface area contributed by atoms with E-state index < -0.39 is 0 Å². The molecule has 3 aromatic rings. The van der Waals surface area contributed by atoms with Gasteiger partial charge in [-0.3, -0.25) is 4.79 Å². The number of nitrogens with zero attached hydrogens (tertiary/aromatic N) is 2. The first-order valence-electron chi connectivity index (χ1n) is 9.58. The van der Waals surface area contributed by atoms with Crippen molar-refractivity contribution in [3.63, 3.8) is 0 Å². The summed E-state index contributed by atoms with van der Waals surface area (Å²) in [4.78, 5) is 18.3. The van der Waals surface area contributed by atoms with E-state index in [9.17, 15) is 10.1 Å². The normalized spacial score (nSPS) is 15.7. The average Bonchev–Trinajstić information content (AvgIpc) is 3.25. The summed E-state index contributed by atoms with van der Waals surface area (Å²) >= 11 is 4.54. The lowest BCUT2D eigenvalue weighted by molar-refractivity contribution is -0.113. The number of anilines is 1. The first-order chi connectivity index (χ1) is 14.1. The minimum Gasteiger partial charge on any atom is -0.494 e. The Kier molecular flexibility index (Phi) is 6.09. The molecule has 1 atom stereocenters. The van der Waals surface area contributed by atoms with Gasteiger partial charge in [0.05, 0.1) is 28.1 Å². The predicted octanol–water partition coefficient (Wildman–Crippen LogP) is 5.48. The van der Waals surface area contributed by atoms with Crippen LogP contribution in [0.3, 0.4) is 0 Å². The molecule has 0 bridgehead atoms.